The number of carbonyl (C=O) groups excluding carboxylic acids is 1. The molecule has 28 heavy (non-hydrogen) atoms. The predicted octanol–water partition coefficient (Wildman–Crippen LogP) is 4.28. The van der Waals surface area contributed by atoms with Gasteiger partial charge in [0.1, 0.15) is 11.6 Å². The number of nitrogens with one attached hydrogen (secondary N) is 1. The number of aromatic nitrogens is 1. The summed E-state index contributed by atoms with van der Waals surface area (Å²) in [6.07, 6.45) is 1.96. The van der Waals surface area contributed by atoms with Gasteiger partial charge in [-0.2, -0.15) is 0 Å². The number of halogens is 3. The zero-order valence-electron chi connectivity index (χ0n) is 15.0. The number of carbonyl (C=O) groups is 1. The van der Waals surface area contributed by atoms with Crippen molar-refractivity contribution >= 4 is 17.5 Å². The zero-order chi connectivity index (χ0) is 20.3. The Kier molecular flexibility index (Phi) is 6.02. The average Bonchev–Trinajstić information content (AvgIpc) is 2.65. The summed E-state index contributed by atoms with van der Waals surface area (Å²) in [5.41, 5.74) is 8.26. The van der Waals surface area contributed by atoms with E-state index < -0.39 is 17.5 Å². The van der Waals surface area contributed by atoms with Gasteiger partial charge in [-0.3, -0.25) is 9.78 Å². The van der Waals surface area contributed by atoms with Gasteiger partial charge in [-0.1, -0.05) is 23.7 Å². The highest BCUT2D eigenvalue weighted by Gasteiger charge is 2.19. The molecule has 0 saturated carbocycles. The Bertz CT molecular complexity index is 1010. The van der Waals surface area contributed by atoms with Crippen molar-refractivity contribution in [2.24, 2.45) is 5.73 Å². The third-order valence-corrected chi connectivity index (χ3v) is 4.75. The van der Waals surface area contributed by atoms with Crippen LogP contribution >= 0.6 is 11.6 Å². The highest BCUT2D eigenvalue weighted by atomic mass is 35.5. The van der Waals surface area contributed by atoms with Crippen molar-refractivity contribution in [2.45, 2.75) is 12.5 Å². The molecule has 1 heterocycles. The van der Waals surface area contributed by atoms with Gasteiger partial charge in [-0.15, -0.1) is 0 Å². The van der Waals surface area contributed by atoms with E-state index in [0.717, 1.165) is 11.6 Å². The van der Waals surface area contributed by atoms with Gasteiger partial charge in [0.15, 0.2) is 0 Å². The Labute approximate surface area is 166 Å². The molecule has 1 unspecified atom stereocenters. The molecule has 3 aromatic rings. The Balaban J connectivity index is 2.03. The van der Waals surface area contributed by atoms with Crippen molar-refractivity contribution in [3.05, 3.63) is 88.2 Å². The maximum absolute atomic E-state index is 13.6. The third kappa shape index (κ3) is 4.35. The summed E-state index contributed by atoms with van der Waals surface area (Å²) in [6, 6.07) is 11.7. The lowest BCUT2D eigenvalue weighted by molar-refractivity contribution is 0.100. The van der Waals surface area contributed by atoms with E-state index in [-0.39, 0.29) is 16.6 Å². The molecule has 0 radical (unpaired) electrons. The lowest BCUT2D eigenvalue weighted by atomic mass is 9.94. The molecule has 0 spiro atoms. The van der Waals surface area contributed by atoms with Crippen LogP contribution < -0.4 is 11.1 Å². The lowest BCUT2D eigenvalue weighted by Crippen LogP contribution is -2.21. The van der Waals surface area contributed by atoms with Crippen molar-refractivity contribution < 1.29 is 13.6 Å². The van der Waals surface area contributed by atoms with Crippen LogP contribution in [0, 0.1) is 11.6 Å². The number of rotatable bonds is 6. The second kappa shape index (κ2) is 8.46. The van der Waals surface area contributed by atoms with Gasteiger partial charge >= 0.3 is 0 Å². The minimum absolute atomic E-state index is 0.210. The SMILES string of the molecule is CNC(Cc1cc(F)cc(F)c1)c1ncccc1-c1ccc(Cl)c(C(N)=O)c1. The maximum atomic E-state index is 13.6. The minimum Gasteiger partial charge on any atom is -0.366 e. The van der Waals surface area contributed by atoms with E-state index in [1.54, 1.807) is 37.5 Å². The van der Waals surface area contributed by atoms with E-state index >= 15 is 0 Å². The summed E-state index contributed by atoms with van der Waals surface area (Å²) in [7, 11) is 1.75. The van der Waals surface area contributed by atoms with Crippen LogP contribution in [-0.4, -0.2) is 17.9 Å². The van der Waals surface area contributed by atoms with Crippen LogP contribution in [0.3, 0.4) is 0 Å². The van der Waals surface area contributed by atoms with Gasteiger partial charge < -0.3 is 11.1 Å². The molecule has 0 aliphatic rings. The summed E-state index contributed by atoms with van der Waals surface area (Å²) < 4.78 is 27.1. The van der Waals surface area contributed by atoms with Crippen LogP contribution in [0.1, 0.15) is 27.7 Å². The fourth-order valence-electron chi connectivity index (χ4n) is 3.12. The smallest absolute Gasteiger partial charge is 0.250 e. The Morgan fingerprint density at radius 1 is 1.18 bits per heavy atom. The van der Waals surface area contributed by atoms with Crippen LogP contribution in [0.4, 0.5) is 8.78 Å². The van der Waals surface area contributed by atoms with E-state index in [2.05, 4.69) is 10.3 Å². The van der Waals surface area contributed by atoms with Crippen LogP contribution in [0.2, 0.25) is 5.02 Å². The first-order valence-corrected chi connectivity index (χ1v) is 8.93. The van der Waals surface area contributed by atoms with Gasteiger partial charge in [0.25, 0.3) is 0 Å². The maximum Gasteiger partial charge on any atom is 0.250 e. The number of likely N-dealkylation sites (N-methyl/N-ethyl adjacent to an activating group) is 1. The molecular weight excluding hydrogens is 384 g/mol. The van der Waals surface area contributed by atoms with Crippen molar-refractivity contribution in [1.82, 2.24) is 10.3 Å². The van der Waals surface area contributed by atoms with Crippen LogP contribution in [-0.2, 0) is 6.42 Å². The van der Waals surface area contributed by atoms with Crippen molar-refractivity contribution in [2.75, 3.05) is 7.05 Å². The number of amides is 1. The number of benzene rings is 2. The average molecular weight is 402 g/mol. The molecule has 0 aliphatic carbocycles. The zero-order valence-corrected chi connectivity index (χ0v) is 15.8. The first kappa shape index (κ1) is 19.9. The van der Waals surface area contributed by atoms with E-state index in [1.165, 1.54) is 12.1 Å². The Hall–Kier alpha value is -2.83. The molecule has 1 atom stereocenters. The van der Waals surface area contributed by atoms with Gasteiger partial charge in [0.2, 0.25) is 5.91 Å². The monoisotopic (exact) mass is 401 g/mol. The molecule has 4 nitrogen and oxygen atoms in total. The van der Waals surface area contributed by atoms with Crippen LogP contribution in [0.25, 0.3) is 11.1 Å². The molecule has 3 N–H and O–H groups in total. The van der Waals surface area contributed by atoms with Crippen molar-refractivity contribution in [3.63, 3.8) is 0 Å². The van der Waals surface area contributed by atoms with E-state index in [9.17, 15) is 13.6 Å². The van der Waals surface area contributed by atoms with Crippen LogP contribution in [0.15, 0.2) is 54.7 Å². The van der Waals surface area contributed by atoms with Gasteiger partial charge in [-0.05, 0) is 54.9 Å². The quantitative estimate of drug-likeness (QED) is 0.647. The van der Waals surface area contributed by atoms with Crippen LogP contribution in [0.5, 0.6) is 0 Å². The number of nitrogens with zero attached hydrogens (tertiary/aromatic N) is 1. The van der Waals surface area contributed by atoms with Gasteiger partial charge in [0, 0.05) is 17.8 Å². The summed E-state index contributed by atoms with van der Waals surface area (Å²) >= 11 is 6.05. The fourth-order valence-corrected chi connectivity index (χ4v) is 3.33. The molecule has 144 valence electrons. The summed E-state index contributed by atoms with van der Waals surface area (Å²) in [4.78, 5) is 16.1. The first-order valence-electron chi connectivity index (χ1n) is 8.56. The molecule has 0 fully saturated rings. The molecule has 1 amide bonds. The highest BCUT2D eigenvalue weighted by Crippen LogP contribution is 2.31. The predicted molar refractivity (Wildman–Crippen MR) is 105 cm³/mol. The van der Waals surface area contributed by atoms with E-state index in [1.807, 2.05) is 6.07 Å². The second-order valence-electron chi connectivity index (χ2n) is 6.32. The standard InChI is InChI=1S/C21H18ClF2N3O/c1-26-19(9-12-7-14(23)11-15(24)8-12)20-16(3-2-6-27-20)13-4-5-18(22)17(10-13)21(25)28/h2-8,10-11,19,26H,9H2,1H3,(H2,25,28). The molecule has 0 saturated heterocycles. The number of hydrogen-bond donors (Lipinski definition) is 2. The summed E-state index contributed by atoms with van der Waals surface area (Å²) in [6.45, 7) is 0. The second-order valence-corrected chi connectivity index (χ2v) is 6.73. The number of hydrogen-bond acceptors (Lipinski definition) is 3. The Morgan fingerprint density at radius 2 is 1.89 bits per heavy atom. The summed E-state index contributed by atoms with van der Waals surface area (Å²) in [5, 5.41) is 3.41. The molecule has 1 aromatic heterocycles. The van der Waals surface area contributed by atoms with Gasteiger partial charge in [-0.25, -0.2) is 8.78 Å². The molecule has 3 rings (SSSR count). The number of primary amides is 1. The minimum atomic E-state index is -0.630. The third-order valence-electron chi connectivity index (χ3n) is 4.42. The normalized spacial score (nSPS) is 12.0. The van der Waals surface area contributed by atoms with E-state index in [4.69, 9.17) is 17.3 Å². The van der Waals surface area contributed by atoms with Crippen molar-refractivity contribution in [3.8, 4) is 11.1 Å². The van der Waals surface area contributed by atoms with Gasteiger partial charge in [0.05, 0.1) is 22.3 Å². The van der Waals surface area contributed by atoms with Crippen molar-refractivity contribution in [1.29, 1.82) is 0 Å². The molecular formula is C21H18ClF2N3O. The lowest BCUT2D eigenvalue weighted by Gasteiger charge is -2.20. The fraction of sp³-hybridized carbons (Fsp3) is 0.143. The number of pyridine rings is 1. The first-order chi connectivity index (χ1) is 13.4. The highest BCUT2D eigenvalue weighted by molar-refractivity contribution is 6.33. The largest absolute Gasteiger partial charge is 0.366 e. The molecule has 7 heteroatoms. The number of nitrogens with two attached hydrogens (primary N) is 1. The van der Waals surface area contributed by atoms with E-state index in [0.29, 0.717) is 23.2 Å². The molecule has 2 aromatic carbocycles. The summed E-state index contributed by atoms with van der Waals surface area (Å²) in [5.74, 6) is -1.89. The topological polar surface area (TPSA) is 68.0 Å². The molecule has 0 aliphatic heterocycles. The Morgan fingerprint density at radius 3 is 2.54 bits per heavy atom. The molecule has 0 bridgehead atoms.